The molecule has 1 aromatic carbocycles. The SMILES string of the molecule is Fc1ccc(Br)c(Br)c1I. The molecule has 0 fully saturated rings. The van der Waals surface area contributed by atoms with Crippen molar-refractivity contribution in [1.82, 2.24) is 0 Å². The Morgan fingerprint density at radius 1 is 1.30 bits per heavy atom. The van der Waals surface area contributed by atoms with E-state index in [4.69, 9.17) is 0 Å². The maximum Gasteiger partial charge on any atom is 0.137 e. The van der Waals surface area contributed by atoms with Gasteiger partial charge in [0.1, 0.15) is 5.82 Å². The molecule has 0 heterocycles. The molecule has 0 saturated carbocycles. The number of benzene rings is 1. The van der Waals surface area contributed by atoms with Crippen LogP contribution in [0.5, 0.6) is 0 Å². The molecule has 10 heavy (non-hydrogen) atoms. The lowest BCUT2D eigenvalue weighted by Gasteiger charge is -1.98. The second-order valence-electron chi connectivity index (χ2n) is 1.66. The first kappa shape index (κ1) is 8.93. The number of halogens is 4. The Kier molecular flexibility index (Phi) is 3.12. The Hall–Kier alpha value is 0.840. The highest BCUT2D eigenvalue weighted by Gasteiger charge is 2.05. The third kappa shape index (κ3) is 1.71. The van der Waals surface area contributed by atoms with Crippen LogP contribution in [0.2, 0.25) is 0 Å². The molecule has 1 aromatic rings. The van der Waals surface area contributed by atoms with Gasteiger partial charge >= 0.3 is 0 Å². The molecule has 0 nitrogen and oxygen atoms in total. The van der Waals surface area contributed by atoms with E-state index in [1.807, 2.05) is 22.6 Å². The van der Waals surface area contributed by atoms with E-state index < -0.39 is 0 Å². The van der Waals surface area contributed by atoms with E-state index in [2.05, 4.69) is 31.9 Å². The third-order valence-electron chi connectivity index (χ3n) is 0.988. The van der Waals surface area contributed by atoms with Gasteiger partial charge in [0.05, 0.1) is 3.57 Å². The van der Waals surface area contributed by atoms with Gasteiger partial charge in [0.25, 0.3) is 0 Å². The van der Waals surface area contributed by atoms with Gasteiger partial charge in [-0.05, 0) is 66.6 Å². The maximum absolute atomic E-state index is 12.7. The van der Waals surface area contributed by atoms with Crippen LogP contribution in [0.4, 0.5) is 4.39 Å². The minimum absolute atomic E-state index is 0.198. The van der Waals surface area contributed by atoms with Crippen molar-refractivity contribution in [3.05, 3.63) is 30.5 Å². The van der Waals surface area contributed by atoms with E-state index in [1.165, 1.54) is 6.07 Å². The van der Waals surface area contributed by atoms with Crippen LogP contribution in [0.3, 0.4) is 0 Å². The minimum Gasteiger partial charge on any atom is -0.206 e. The quantitative estimate of drug-likeness (QED) is 0.364. The molecule has 0 amide bonds. The minimum atomic E-state index is -0.198. The summed E-state index contributed by atoms with van der Waals surface area (Å²) in [6, 6.07) is 3.10. The van der Waals surface area contributed by atoms with Gasteiger partial charge in [-0.3, -0.25) is 0 Å². The summed E-state index contributed by atoms with van der Waals surface area (Å²) in [5.74, 6) is -0.198. The Balaban J connectivity index is 3.34. The van der Waals surface area contributed by atoms with Crippen LogP contribution in [0.25, 0.3) is 0 Å². The van der Waals surface area contributed by atoms with Crippen LogP contribution in [0.15, 0.2) is 21.1 Å². The average Bonchev–Trinajstić information content (AvgIpc) is 1.93. The predicted octanol–water partition coefficient (Wildman–Crippen LogP) is 3.96. The highest BCUT2D eigenvalue weighted by Crippen LogP contribution is 2.29. The third-order valence-corrected chi connectivity index (χ3v) is 4.80. The largest absolute Gasteiger partial charge is 0.206 e. The monoisotopic (exact) mass is 378 g/mol. The molecule has 0 aliphatic rings. The summed E-state index contributed by atoms with van der Waals surface area (Å²) in [6.45, 7) is 0. The van der Waals surface area contributed by atoms with Crippen LogP contribution in [0, 0.1) is 9.39 Å². The molecule has 54 valence electrons. The molecule has 0 aliphatic carbocycles. The van der Waals surface area contributed by atoms with Crippen molar-refractivity contribution in [2.75, 3.05) is 0 Å². The molecule has 0 spiro atoms. The van der Waals surface area contributed by atoms with Crippen molar-refractivity contribution >= 4 is 54.5 Å². The summed E-state index contributed by atoms with van der Waals surface area (Å²) < 4.78 is 14.9. The fourth-order valence-electron chi connectivity index (χ4n) is 0.502. The average molecular weight is 380 g/mol. The molecular weight excluding hydrogens is 378 g/mol. The van der Waals surface area contributed by atoms with Gasteiger partial charge in [0.15, 0.2) is 0 Å². The topological polar surface area (TPSA) is 0 Å². The first-order valence-corrected chi connectivity index (χ1v) is 5.08. The smallest absolute Gasteiger partial charge is 0.137 e. The Bertz CT molecular complexity index is 235. The summed E-state index contributed by atoms with van der Waals surface area (Å²) in [5.41, 5.74) is 0. The molecule has 0 unspecified atom stereocenters. The molecule has 0 bridgehead atoms. The number of rotatable bonds is 0. The Labute approximate surface area is 88.6 Å². The lowest BCUT2D eigenvalue weighted by Crippen LogP contribution is -1.82. The van der Waals surface area contributed by atoms with E-state index in [-0.39, 0.29) is 5.82 Å². The van der Waals surface area contributed by atoms with Gasteiger partial charge in [-0.2, -0.15) is 0 Å². The van der Waals surface area contributed by atoms with Crippen LogP contribution in [-0.4, -0.2) is 0 Å². The van der Waals surface area contributed by atoms with E-state index in [0.29, 0.717) is 3.57 Å². The number of hydrogen-bond acceptors (Lipinski definition) is 0. The van der Waals surface area contributed by atoms with Gasteiger partial charge < -0.3 is 0 Å². The molecule has 0 N–H and O–H groups in total. The first-order chi connectivity index (χ1) is 4.63. The van der Waals surface area contributed by atoms with E-state index in [0.717, 1.165) is 8.95 Å². The number of hydrogen-bond donors (Lipinski definition) is 0. The Morgan fingerprint density at radius 2 is 1.90 bits per heavy atom. The zero-order valence-electron chi connectivity index (χ0n) is 4.67. The summed E-state index contributed by atoms with van der Waals surface area (Å²) in [6.07, 6.45) is 0. The van der Waals surface area contributed by atoms with Gasteiger partial charge in [0, 0.05) is 8.95 Å². The molecule has 1 rings (SSSR count). The van der Waals surface area contributed by atoms with Crippen LogP contribution in [0.1, 0.15) is 0 Å². The van der Waals surface area contributed by atoms with Crippen molar-refractivity contribution in [3.63, 3.8) is 0 Å². The van der Waals surface area contributed by atoms with E-state index in [1.54, 1.807) is 6.07 Å². The molecule has 0 atom stereocenters. The summed E-state index contributed by atoms with van der Waals surface area (Å²) in [7, 11) is 0. The van der Waals surface area contributed by atoms with E-state index in [9.17, 15) is 4.39 Å². The lowest BCUT2D eigenvalue weighted by atomic mass is 10.4. The normalized spacial score (nSPS) is 10.0. The lowest BCUT2D eigenvalue weighted by molar-refractivity contribution is 0.619. The van der Waals surface area contributed by atoms with Crippen LogP contribution >= 0.6 is 54.5 Å². The highest BCUT2D eigenvalue weighted by molar-refractivity contribution is 14.1. The molecular formula is C6H2Br2FI. The zero-order chi connectivity index (χ0) is 7.72. The van der Waals surface area contributed by atoms with Crippen molar-refractivity contribution in [2.45, 2.75) is 0 Å². The van der Waals surface area contributed by atoms with Crippen molar-refractivity contribution in [2.24, 2.45) is 0 Å². The standard InChI is InChI=1S/C6H2Br2FI/c7-3-1-2-4(9)6(10)5(3)8/h1-2H. The molecule has 0 radical (unpaired) electrons. The summed E-state index contributed by atoms with van der Waals surface area (Å²) >= 11 is 8.44. The van der Waals surface area contributed by atoms with Gasteiger partial charge in [-0.25, -0.2) is 4.39 Å². The zero-order valence-corrected chi connectivity index (χ0v) is 10.00. The van der Waals surface area contributed by atoms with Gasteiger partial charge in [0.2, 0.25) is 0 Å². The van der Waals surface area contributed by atoms with Gasteiger partial charge in [-0.15, -0.1) is 0 Å². The predicted molar refractivity (Wildman–Crippen MR) is 54.5 cm³/mol. The van der Waals surface area contributed by atoms with Crippen LogP contribution < -0.4 is 0 Å². The molecule has 0 aromatic heterocycles. The molecule has 0 saturated heterocycles. The fraction of sp³-hybridized carbons (Fsp3) is 0. The second kappa shape index (κ2) is 3.49. The molecule has 0 aliphatic heterocycles. The fourth-order valence-corrected chi connectivity index (χ4v) is 2.00. The highest BCUT2D eigenvalue weighted by atomic mass is 127. The summed E-state index contributed by atoms with van der Waals surface area (Å²) in [4.78, 5) is 0. The van der Waals surface area contributed by atoms with Crippen molar-refractivity contribution in [1.29, 1.82) is 0 Å². The first-order valence-electron chi connectivity index (χ1n) is 2.42. The summed E-state index contributed by atoms with van der Waals surface area (Å²) in [5, 5.41) is 0. The van der Waals surface area contributed by atoms with Crippen molar-refractivity contribution < 1.29 is 4.39 Å². The van der Waals surface area contributed by atoms with Gasteiger partial charge in [-0.1, -0.05) is 0 Å². The molecule has 4 heteroatoms. The Morgan fingerprint density at radius 3 is 2.40 bits per heavy atom. The van der Waals surface area contributed by atoms with Crippen LogP contribution in [-0.2, 0) is 0 Å². The van der Waals surface area contributed by atoms with Crippen molar-refractivity contribution in [3.8, 4) is 0 Å². The maximum atomic E-state index is 12.7. The van der Waals surface area contributed by atoms with E-state index >= 15 is 0 Å². The second-order valence-corrected chi connectivity index (χ2v) is 4.38.